The van der Waals surface area contributed by atoms with Crippen molar-refractivity contribution in [3.05, 3.63) is 88.5 Å². The third kappa shape index (κ3) is 4.88. The van der Waals surface area contributed by atoms with E-state index in [1.54, 1.807) is 36.5 Å². The first kappa shape index (κ1) is 23.4. The maximum atomic E-state index is 12.3. The molecular weight excluding hydrogens is 476 g/mol. The summed E-state index contributed by atoms with van der Waals surface area (Å²) < 4.78 is 24.5. The number of rotatable bonds is 5. The maximum Gasteiger partial charge on any atom is 0.440 e. The van der Waals surface area contributed by atoms with Gasteiger partial charge in [-0.25, -0.2) is 8.42 Å². The number of hydrogen-bond acceptors (Lipinski definition) is 7. The van der Waals surface area contributed by atoms with E-state index >= 15 is 0 Å². The topological polar surface area (TPSA) is 125 Å². The lowest BCUT2D eigenvalue weighted by molar-refractivity contribution is 0.286. The summed E-state index contributed by atoms with van der Waals surface area (Å²) >= 11 is 0. The van der Waals surface area contributed by atoms with Gasteiger partial charge in [-0.3, -0.25) is 5.10 Å². The zero-order valence-corrected chi connectivity index (χ0v) is 20.2. The van der Waals surface area contributed by atoms with Crippen molar-refractivity contribution >= 4 is 33.4 Å². The molecule has 0 fully saturated rings. The van der Waals surface area contributed by atoms with Crippen LogP contribution in [0.4, 0.5) is 17.5 Å². The second-order valence-corrected chi connectivity index (χ2v) is 10.3. The smallest absolute Gasteiger partial charge is 0.395 e. The summed E-state index contributed by atoms with van der Waals surface area (Å²) in [6.07, 6.45) is 5.03. The van der Waals surface area contributed by atoms with E-state index in [4.69, 9.17) is 0 Å². The molecule has 3 N–H and O–H groups in total. The van der Waals surface area contributed by atoms with E-state index in [9.17, 15) is 13.5 Å². The Morgan fingerprint density at radius 1 is 1.19 bits per heavy atom. The fraction of sp³-hybridized carbons (Fsp3) is 0.154. The molecule has 180 valence electrons. The number of anilines is 2. The van der Waals surface area contributed by atoms with Crippen LogP contribution >= 0.6 is 0 Å². The molecule has 36 heavy (non-hydrogen) atoms. The summed E-state index contributed by atoms with van der Waals surface area (Å²) in [6.45, 7) is 1.73. The number of aryl methyl sites for hydroxylation is 1. The van der Waals surface area contributed by atoms with Crippen LogP contribution in [0.1, 0.15) is 22.7 Å². The summed E-state index contributed by atoms with van der Waals surface area (Å²) in [7, 11) is -3.31. The molecule has 0 saturated carbocycles. The third-order valence-corrected chi connectivity index (χ3v) is 7.35. The lowest BCUT2D eigenvalue weighted by Gasteiger charge is -2.12. The summed E-state index contributed by atoms with van der Waals surface area (Å²) in [5.41, 5.74) is 4.22. The van der Waals surface area contributed by atoms with Crippen LogP contribution in [0.2, 0.25) is 0 Å². The zero-order valence-electron chi connectivity index (χ0n) is 19.4. The number of aromatic nitrogens is 4. The van der Waals surface area contributed by atoms with Gasteiger partial charge in [-0.05, 0) is 42.3 Å². The van der Waals surface area contributed by atoms with E-state index in [0.29, 0.717) is 33.2 Å². The van der Waals surface area contributed by atoms with Crippen LogP contribution in [0.5, 0.6) is 0 Å². The predicted octanol–water partition coefficient (Wildman–Crippen LogP) is 4.46. The normalized spacial score (nSPS) is 14.4. The molecule has 0 radical (unpaired) electrons. The van der Waals surface area contributed by atoms with E-state index in [2.05, 4.69) is 36.4 Å². The van der Waals surface area contributed by atoms with Gasteiger partial charge < -0.3 is 10.4 Å². The number of sulfone groups is 1. The van der Waals surface area contributed by atoms with Crippen LogP contribution in [0.15, 0.2) is 71.8 Å². The first-order valence-electron chi connectivity index (χ1n) is 11.2. The van der Waals surface area contributed by atoms with Crippen molar-refractivity contribution in [3.63, 3.8) is 0 Å². The first-order chi connectivity index (χ1) is 17.4. The van der Waals surface area contributed by atoms with Crippen LogP contribution in [-0.2, 0) is 9.84 Å². The molecule has 0 bridgehead atoms. The van der Waals surface area contributed by atoms with E-state index in [0.717, 1.165) is 11.3 Å². The average Bonchev–Trinajstić information content (AvgIpc) is 3.31. The second-order valence-electron chi connectivity index (χ2n) is 8.32. The molecule has 2 aromatic heterocycles. The molecule has 0 aliphatic carbocycles. The number of benzene rings is 2. The maximum absolute atomic E-state index is 12.3. The van der Waals surface area contributed by atoms with Crippen molar-refractivity contribution in [3.8, 4) is 17.3 Å². The molecule has 3 heterocycles. The number of H-pyrrole nitrogens is 1. The van der Waals surface area contributed by atoms with Gasteiger partial charge >= 0.3 is 11.8 Å². The fourth-order valence-corrected chi connectivity index (χ4v) is 5.15. The molecule has 1 atom stereocenters. The van der Waals surface area contributed by atoms with Gasteiger partial charge in [0.1, 0.15) is 17.2 Å². The van der Waals surface area contributed by atoms with Gasteiger partial charge in [0.2, 0.25) is 0 Å². The highest BCUT2D eigenvalue weighted by Crippen LogP contribution is 2.31. The number of hydrogen-bond donors (Lipinski definition) is 3. The lowest BCUT2D eigenvalue weighted by atomic mass is 10.0. The van der Waals surface area contributed by atoms with Crippen molar-refractivity contribution in [2.45, 2.75) is 17.7 Å². The molecule has 0 saturated heterocycles. The first-order valence-corrected chi connectivity index (χ1v) is 12.9. The van der Waals surface area contributed by atoms with E-state index < -0.39 is 15.8 Å². The van der Waals surface area contributed by atoms with Crippen molar-refractivity contribution in [1.82, 2.24) is 20.2 Å². The molecule has 9 nitrogen and oxygen atoms in total. The predicted molar refractivity (Wildman–Crippen MR) is 138 cm³/mol. The molecule has 1 unspecified atom stereocenters. The molecular formula is C26H23N6O3S+. The number of nitrogens with one attached hydrogen (secondary N) is 2. The van der Waals surface area contributed by atoms with Crippen LogP contribution in [0.25, 0.3) is 22.2 Å². The highest BCUT2D eigenvalue weighted by molar-refractivity contribution is 7.91. The van der Waals surface area contributed by atoms with Gasteiger partial charge in [0.25, 0.3) is 0 Å². The van der Waals surface area contributed by atoms with Gasteiger partial charge in [0.15, 0.2) is 15.9 Å². The molecule has 5 rings (SSSR count). The largest absolute Gasteiger partial charge is 0.440 e. The summed E-state index contributed by atoms with van der Waals surface area (Å²) in [6, 6.07) is 19.4. The van der Waals surface area contributed by atoms with Gasteiger partial charge in [0.05, 0.1) is 23.5 Å². The number of aromatic amines is 1. The molecule has 2 aromatic carbocycles. The van der Waals surface area contributed by atoms with E-state index in [1.807, 2.05) is 43.3 Å². The SMILES string of the molecule is Cc1cc(-c2cnc(Nc3ccc4c(c3)C=CCS4(=O)=O)nc2[N+]#CC(CO)c2ccccc2)n[nH]1. The minimum atomic E-state index is -3.31. The summed E-state index contributed by atoms with van der Waals surface area (Å²) in [4.78, 5) is 13.8. The second kappa shape index (κ2) is 9.73. The number of fused-ring (bicyclic) bond motifs is 1. The Bertz CT molecular complexity index is 1620. The van der Waals surface area contributed by atoms with Gasteiger partial charge in [-0.2, -0.15) is 14.9 Å². The monoisotopic (exact) mass is 499 g/mol. The van der Waals surface area contributed by atoms with Gasteiger partial charge in [-0.15, -0.1) is 0 Å². The van der Waals surface area contributed by atoms with E-state index in [1.165, 1.54) is 0 Å². The van der Waals surface area contributed by atoms with Gasteiger partial charge in [0, 0.05) is 16.4 Å². The minimum Gasteiger partial charge on any atom is -0.395 e. The van der Waals surface area contributed by atoms with E-state index in [-0.39, 0.29) is 18.3 Å². The third-order valence-electron chi connectivity index (χ3n) is 5.68. The standard InChI is InChI=1S/C26H23N6O3S/c1-17-12-23(32-31-17)22-15-28-26(29-21-9-10-24-19(13-21)8-5-11-36(24,34)35)30-25(22)27-14-20(16-33)18-6-3-2-4-7-18/h2-10,12-13,15,20,33H,11,16H2,1H3,(H,31,32)(H,28,29,30)/q+1. The van der Waals surface area contributed by atoms with Crippen molar-refractivity contribution in [2.75, 3.05) is 17.7 Å². The van der Waals surface area contributed by atoms with Crippen molar-refractivity contribution in [1.29, 1.82) is 0 Å². The molecule has 10 heteroatoms. The Morgan fingerprint density at radius 2 is 2.03 bits per heavy atom. The Hall–Kier alpha value is -4.33. The zero-order chi connectivity index (χ0) is 25.1. The fourth-order valence-electron chi connectivity index (χ4n) is 3.86. The van der Waals surface area contributed by atoms with Crippen LogP contribution in [0.3, 0.4) is 0 Å². The summed E-state index contributed by atoms with van der Waals surface area (Å²) in [5, 5.41) is 20.2. The Labute approximate surface area is 208 Å². The van der Waals surface area contributed by atoms with Gasteiger partial charge in [-0.1, -0.05) is 42.5 Å². The van der Waals surface area contributed by atoms with Crippen LogP contribution in [-0.4, -0.2) is 46.0 Å². The molecule has 0 amide bonds. The molecule has 1 aliphatic rings. The van der Waals surface area contributed by atoms with Crippen molar-refractivity contribution in [2.24, 2.45) is 0 Å². The Morgan fingerprint density at radius 3 is 2.78 bits per heavy atom. The molecule has 1 aliphatic heterocycles. The number of nitrogens with zero attached hydrogens (tertiary/aromatic N) is 4. The average molecular weight is 500 g/mol. The van der Waals surface area contributed by atoms with Crippen molar-refractivity contribution < 1.29 is 13.5 Å². The molecule has 0 spiro atoms. The summed E-state index contributed by atoms with van der Waals surface area (Å²) in [5.74, 6) is 0.170. The quantitative estimate of drug-likeness (QED) is 0.370. The minimum absolute atomic E-state index is 0.000305. The van der Waals surface area contributed by atoms with Crippen LogP contribution < -0.4 is 5.32 Å². The Balaban J connectivity index is 1.51. The lowest BCUT2D eigenvalue weighted by Crippen LogP contribution is -2.10. The highest BCUT2D eigenvalue weighted by Gasteiger charge is 2.23. The van der Waals surface area contributed by atoms with Crippen LogP contribution in [0, 0.1) is 13.0 Å². The number of aliphatic hydroxyl groups is 1. The molecule has 4 aromatic rings. The highest BCUT2D eigenvalue weighted by atomic mass is 32.2. The number of aliphatic hydroxyl groups excluding tert-OH is 1. The Kier molecular flexibility index (Phi) is 6.33.